The fourth-order valence-corrected chi connectivity index (χ4v) is 2.93. The molecule has 0 radical (unpaired) electrons. The van der Waals surface area contributed by atoms with Gasteiger partial charge in [-0.25, -0.2) is 0 Å². The third-order valence-electron chi connectivity index (χ3n) is 4.17. The van der Waals surface area contributed by atoms with Crippen molar-refractivity contribution in [3.05, 3.63) is 0 Å². The van der Waals surface area contributed by atoms with E-state index in [2.05, 4.69) is 28.2 Å². The van der Waals surface area contributed by atoms with Crippen LogP contribution in [0.15, 0.2) is 0 Å². The minimum Gasteiger partial charge on any atom is -1.00 e. The fraction of sp³-hybridized carbons (Fsp3) is 1.00. The number of likely N-dealkylation sites (tertiary alicyclic amines) is 1. The molecule has 0 saturated carbocycles. The lowest BCUT2D eigenvalue weighted by Gasteiger charge is -2.37. The molecule has 1 aliphatic rings. The molecule has 1 aliphatic heterocycles. The second-order valence-electron chi connectivity index (χ2n) is 7.28. The quantitative estimate of drug-likeness (QED) is 0.199. The predicted octanol–water partition coefficient (Wildman–Crippen LogP) is -3.11. The molecule has 1 saturated heterocycles. The van der Waals surface area contributed by atoms with Crippen molar-refractivity contribution in [2.24, 2.45) is 0 Å². The molecule has 1 fully saturated rings. The minimum atomic E-state index is 0. The van der Waals surface area contributed by atoms with E-state index in [1.54, 1.807) is 0 Å². The fourth-order valence-electron chi connectivity index (χ4n) is 2.93. The Kier molecular flexibility index (Phi) is 13.1. The van der Waals surface area contributed by atoms with Crippen molar-refractivity contribution in [1.82, 2.24) is 0 Å². The van der Waals surface area contributed by atoms with Crippen molar-refractivity contribution < 1.29 is 56.9 Å². The summed E-state index contributed by atoms with van der Waals surface area (Å²) in [6.45, 7) is 5.61. The van der Waals surface area contributed by atoms with Gasteiger partial charge in [0.1, 0.15) is 0 Å². The van der Waals surface area contributed by atoms with E-state index in [1.165, 1.54) is 75.6 Å². The molecule has 0 aliphatic carbocycles. The van der Waals surface area contributed by atoms with Crippen LogP contribution in [0.25, 0.3) is 0 Å². The van der Waals surface area contributed by atoms with Crippen LogP contribution >= 0.6 is 0 Å². The van der Waals surface area contributed by atoms with Gasteiger partial charge in [-0.1, -0.05) is 0 Å². The number of hydrogen-bond acceptors (Lipinski definition) is 0. The number of rotatable bonds is 7. The van der Waals surface area contributed by atoms with Gasteiger partial charge in [0.25, 0.3) is 0 Å². The van der Waals surface area contributed by atoms with Gasteiger partial charge in [0, 0.05) is 0 Å². The van der Waals surface area contributed by atoms with Crippen molar-refractivity contribution in [2.75, 3.05) is 54.4 Å². The van der Waals surface area contributed by atoms with Crippen LogP contribution in [0.3, 0.4) is 0 Å². The molecule has 0 bridgehead atoms. The zero-order valence-electron chi connectivity index (χ0n) is 13.4. The van der Waals surface area contributed by atoms with Gasteiger partial charge in [0.2, 0.25) is 0 Å². The summed E-state index contributed by atoms with van der Waals surface area (Å²) in [5.41, 5.74) is 0. The first-order valence-electron chi connectivity index (χ1n) is 7.55. The molecular weight excluding hydrogens is 462 g/mol. The Labute approximate surface area is 155 Å². The van der Waals surface area contributed by atoms with Crippen LogP contribution in [0.2, 0.25) is 0 Å². The first-order valence-corrected chi connectivity index (χ1v) is 7.55. The van der Waals surface area contributed by atoms with Gasteiger partial charge in [0.15, 0.2) is 0 Å². The van der Waals surface area contributed by atoms with E-state index in [9.17, 15) is 0 Å². The summed E-state index contributed by atoms with van der Waals surface area (Å²) >= 11 is 0. The van der Waals surface area contributed by atoms with E-state index in [0.717, 1.165) is 4.48 Å². The highest BCUT2D eigenvalue weighted by atomic mass is 127. The summed E-state index contributed by atoms with van der Waals surface area (Å²) in [6.07, 6.45) is 10.1. The normalized spacial score (nSPS) is 18.3. The van der Waals surface area contributed by atoms with Gasteiger partial charge in [-0.05, 0) is 44.9 Å². The molecule has 2 nitrogen and oxygen atoms in total. The van der Waals surface area contributed by atoms with Crippen molar-refractivity contribution in [3.63, 3.8) is 0 Å². The molecule has 4 heteroatoms. The average Bonchev–Trinajstić information content (AvgIpc) is 2.23. The highest BCUT2D eigenvalue weighted by Gasteiger charge is 2.23. The van der Waals surface area contributed by atoms with E-state index >= 15 is 0 Å². The van der Waals surface area contributed by atoms with Crippen LogP contribution in [-0.4, -0.2) is 63.3 Å². The molecule has 1 heterocycles. The van der Waals surface area contributed by atoms with E-state index in [-0.39, 0.29) is 48.0 Å². The molecule has 0 aromatic heterocycles. The van der Waals surface area contributed by atoms with Crippen LogP contribution in [0.5, 0.6) is 0 Å². The molecular formula is C15H34I2N2. The summed E-state index contributed by atoms with van der Waals surface area (Å²) in [6, 6.07) is 0. The van der Waals surface area contributed by atoms with Gasteiger partial charge < -0.3 is 56.9 Å². The Bertz CT molecular complexity index is 209. The van der Waals surface area contributed by atoms with Crippen LogP contribution in [0.1, 0.15) is 44.9 Å². The maximum atomic E-state index is 2.46. The van der Waals surface area contributed by atoms with E-state index in [0.29, 0.717) is 0 Å². The molecule has 0 atom stereocenters. The Morgan fingerprint density at radius 3 is 1.84 bits per heavy atom. The molecule has 0 aromatic carbocycles. The topological polar surface area (TPSA) is 0 Å². The molecule has 19 heavy (non-hydrogen) atoms. The van der Waals surface area contributed by atoms with Gasteiger partial charge in [-0.3, -0.25) is 0 Å². The number of quaternary nitrogens is 2. The van der Waals surface area contributed by atoms with Gasteiger partial charge in [-0.15, -0.1) is 0 Å². The van der Waals surface area contributed by atoms with Gasteiger partial charge >= 0.3 is 0 Å². The lowest BCUT2D eigenvalue weighted by molar-refractivity contribution is -0.914. The van der Waals surface area contributed by atoms with Crippen LogP contribution in [-0.2, 0) is 0 Å². The number of hydrogen-bond donors (Lipinski definition) is 0. The predicted molar refractivity (Wildman–Crippen MR) is 76.0 cm³/mol. The average molecular weight is 496 g/mol. The van der Waals surface area contributed by atoms with E-state index in [1.807, 2.05) is 0 Å². The smallest absolute Gasteiger partial charge is 0.0784 e. The highest BCUT2D eigenvalue weighted by Crippen LogP contribution is 2.17. The first kappa shape index (κ1) is 22.7. The van der Waals surface area contributed by atoms with Crippen molar-refractivity contribution in [1.29, 1.82) is 0 Å². The Hall–Kier alpha value is 1.38. The zero-order valence-corrected chi connectivity index (χ0v) is 17.7. The number of nitrogens with zero attached hydrogens (tertiary/aromatic N) is 2. The van der Waals surface area contributed by atoms with Crippen LogP contribution < -0.4 is 48.0 Å². The third kappa shape index (κ3) is 11.7. The lowest BCUT2D eigenvalue weighted by atomic mass is 10.1. The SMILES string of the molecule is C[N+](C)(C)CCCCCC[N+]1(C)CCCCC1.[I-].[I-]. The summed E-state index contributed by atoms with van der Waals surface area (Å²) in [5.74, 6) is 0. The Morgan fingerprint density at radius 2 is 1.32 bits per heavy atom. The van der Waals surface area contributed by atoms with E-state index in [4.69, 9.17) is 0 Å². The van der Waals surface area contributed by atoms with Gasteiger partial charge in [0.05, 0.1) is 54.4 Å². The third-order valence-corrected chi connectivity index (χ3v) is 4.17. The second kappa shape index (κ2) is 11.0. The van der Waals surface area contributed by atoms with Crippen LogP contribution in [0.4, 0.5) is 0 Å². The minimum absolute atomic E-state index is 0. The lowest BCUT2D eigenvalue weighted by Crippen LogP contribution is -3.00. The maximum absolute atomic E-state index is 2.46. The molecule has 118 valence electrons. The Morgan fingerprint density at radius 1 is 0.789 bits per heavy atom. The van der Waals surface area contributed by atoms with E-state index < -0.39 is 0 Å². The van der Waals surface area contributed by atoms with Crippen molar-refractivity contribution in [2.45, 2.75) is 44.9 Å². The van der Waals surface area contributed by atoms with Crippen molar-refractivity contribution in [3.8, 4) is 0 Å². The Balaban J connectivity index is 0. The van der Waals surface area contributed by atoms with Crippen molar-refractivity contribution >= 4 is 0 Å². The largest absolute Gasteiger partial charge is 1.00 e. The standard InChI is InChI=1S/C15H34N2.2HI/c1-16(2,3)12-8-5-6-9-13-17(4)14-10-7-11-15-17;;/h5-15H2,1-4H3;2*1H/q+2;;/p-2. The van der Waals surface area contributed by atoms with Gasteiger partial charge in [-0.2, -0.15) is 0 Å². The molecule has 0 N–H and O–H groups in total. The maximum Gasteiger partial charge on any atom is 0.0784 e. The van der Waals surface area contributed by atoms with Crippen LogP contribution in [0, 0.1) is 0 Å². The molecule has 1 rings (SSSR count). The molecule has 0 aromatic rings. The molecule has 0 spiro atoms. The first-order chi connectivity index (χ1) is 7.91. The highest BCUT2D eigenvalue weighted by molar-refractivity contribution is 4.52. The second-order valence-corrected chi connectivity index (χ2v) is 7.28. The number of halogens is 2. The molecule has 0 amide bonds. The summed E-state index contributed by atoms with van der Waals surface area (Å²) in [4.78, 5) is 0. The number of piperidine rings is 1. The summed E-state index contributed by atoms with van der Waals surface area (Å²) in [7, 11) is 9.34. The zero-order chi connectivity index (χ0) is 12.8. The summed E-state index contributed by atoms with van der Waals surface area (Å²) < 4.78 is 2.48. The monoisotopic (exact) mass is 496 g/mol. The summed E-state index contributed by atoms with van der Waals surface area (Å²) in [5, 5.41) is 0. The number of unbranched alkanes of at least 4 members (excludes halogenated alkanes) is 3. The molecule has 0 unspecified atom stereocenters.